The fourth-order valence-corrected chi connectivity index (χ4v) is 0. The van der Waals surface area contributed by atoms with Gasteiger partial charge in [0.05, 0.1) is 0 Å². The second-order valence-electron chi connectivity index (χ2n) is 1.39. The SMILES string of the molecule is [CH2-]C(C)C.[OH-].[OH-].[OH-].[Zr+4]. The van der Waals surface area contributed by atoms with Crippen molar-refractivity contribution in [2.24, 2.45) is 5.92 Å². The monoisotopic (exact) mass is 198 g/mol. The molecule has 0 aromatic carbocycles. The average molecular weight is 199 g/mol. The third-order valence-electron chi connectivity index (χ3n) is 0. The van der Waals surface area contributed by atoms with E-state index in [-0.39, 0.29) is 42.6 Å². The molecule has 0 atom stereocenters. The van der Waals surface area contributed by atoms with Crippen LogP contribution in [0.3, 0.4) is 0 Å². The summed E-state index contributed by atoms with van der Waals surface area (Å²) in [5.74, 6) is 0.583. The first-order valence-corrected chi connectivity index (χ1v) is 1.56. The van der Waals surface area contributed by atoms with Crippen molar-refractivity contribution in [2.45, 2.75) is 13.8 Å². The summed E-state index contributed by atoms with van der Waals surface area (Å²) in [6, 6.07) is 0. The first-order valence-electron chi connectivity index (χ1n) is 1.56. The average Bonchev–Trinajstić information content (AvgIpc) is 0.811. The maximum Gasteiger partial charge on any atom is 4.00 e. The Hall–Kier alpha value is 0.763. The minimum absolute atomic E-state index is 0. The van der Waals surface area contributed by atoms with Gasteiger partial charge in [0.25, 0.3) is 0 Å². The van der Waals surface area contributed by atoms with Crippen LogP contribution in [0.15, 0.2) is 0 Å². The number of hydrogen-bond acceptors (Lipinski definition) is 3. The van der Waals surface area contributed by atoms with Gasteiger partial charge in [0.15, 0.2) is 0 Å². The molecule has 0 aliphatic rings. The van der Waals surface area contributed by atoms with Crippen molar-refractivity contribution in [1.82, 2.24) is 0 Å². The summed E-state index contributed by atoms with van der Waals surface area (Å²) < 4.78 is 0. The maximum atomic E-state index is 3.64. The van der Waals surface area contributed by atoms with Crippen LogP contribution in [0.25, 0.3) is 0 Å². The van der Waals surface area contributed by atoms with Gasteiger partial charge in [-0.15, -0.1) is 0 Å². The Morgan fingerprint density at radius 3 is 1.00 bits per heavy atom. The summed E-state index contributed by atoms with van der Waals surface area (Å²) in [7, 11) is 0. The van der Waals surface area contributed by atoms with Gasteiger partial charge in [-0.2, -0.15) is 5.92 Å². The van der Waals surface area contributed by atoms with Gasteiger partial charge < -0.3 is 23.4 Å². The molecule has 0 rings (SSSR count). The van der Waals surface area contributed by atoms with Crippen LogP contribution in [0.2, 0.25) is 0 Å². The fraction of sp³-hybridized carbons (Fsp3) is 0.750. The minimum atomic E-state index is 0. The van der Waals surface area contributed by atoms with Crippen molar-refractivity contribution in [3.63, 3.8) is 0 Å². The molecular weight excluding hydrogens is 187 g/mol. The van der Waals surface area contributed by atoms with E-state index in [1.807, 2.05) is 0 Å². The maximum absolute atomic E-state index is 3.64. The van der Waals surface area contributed by atoms with Gasteiger partial charge in [-0.1, -0.05) is 13.8 Å². The molecule has 8 heavy (non-hydrogen) atoms. The normalized spacial score (nSPS) is 4.50. The van der Waals surface area contributed by atoms with E-state index < -0.39 is 0 Å². The van der Waals surface area contributed by atoms with Crippen molar-refractivity contribution >= 4 is 0 Å². The van der Waals surface area contributed by atoms with E-state index in [1.165, 1.54) is 0 Å². The van der Waals surface area contributed by atoms with Crippen LogP contribution in [0.1, 0.15) is 13.8 Å². The zero-order valence-corrected chi connectivity index (χ0v) is 7.58. The van der Waals surface area contributed by atoms with Gasteiger partial charge in [0.2, 0.25) is 0 Å². The summed E-state index contributed by atoms with van der Waals surface area (Å²) in [6.45, 7) is 7.75. The molecule has 3 nitrogen and oxygen atoms in total. The molecule has 0 fully saturated rings. The van der Waals surface area contributed by atoms with E-state index in [0.717, 1.165) is 0 Å². The first-order chi connectivity index (χ1) is 1.73. The Balaban J connectivity index is -0.00000000750. The minimum Gasteiger partial charge on any atom is -0.870 e. The molecule has 50 valence electrons. The number of rotatable bonds is 0. The van der Waals surface area contributed by atoms with E-state index in [1.54, 1.807) is 0 Å². The molecule has 0 aromatic heterocycles. The Bertz CT molecular complexity index is 16.0. The Kier molecular flexibility index (Phi) is 117. The molecule has 0 bridgehead atoms. The van der Waals surface area contributed by atoms with Crippen LogP contribution >= 0.6 is 0 Å². The molecule has 4 heteroatoms. The van der Waals surface area contributed by atoms with E-state index in [4.69, 9.17) is 0 Å². The van der Waals surface area contributed by atoms with Gasteiger partial charge in [-0.3, -0.25) is 0 Å². The molecule has 0 amide bonds. The van der Waals surface area contributed by atoms with Gasteiger partial charge in [0, 0.05) is 0 Å². The molecule has 0 aliphatic heterocycles. The molecule has 0 heterocycles. The van der Waals surface area contributed by atoms with Gasteiger partial charge >= 0.3 is 26.2 Å². The quantitative estimate of drug-likeness (QED) is 0.544. The summed E-state index contributed by atoms with van der Waals surface area (Å²) in [4.78, 5) is 0. The molecule has 0 saturated carbocycles. The second-order valence-corrected chi connectivity index (χ2v) is 1.39. The van der Waals surface area contributed by atoms with Gasteiger partial charge in [0.1, 0.15) is 0 Å². The van der Waals surface area contributed by atoms with Crippen LogP contribution in [-0.4, -0.2) is 16.4 Å². The standard InChI is InChI=1S/C4H9.3H2O.Zr/c1-4(2)3;;;;/h4H,1H2,2-3H3;3*1H2;/q-1;;;;+4/p-3. The Labute approximate surface area is 69.5 Å². The van der Waals surface area contributed by atoms with Crippen molar-refractivity contribution in [3.8, 4) is 0 Å². The molecule has 0 saturated heterocycles. The largest absolute Gasteiger partial charge is 4.00 e. The zero-order valence-electron chi connectivity index (χ0n) is 5.13. The third-order valence-corrected chi connectivity index (χ3v) is 0. The predicted octanol–water partition coefficient (Wildman–Crippen LogP) is 0.944. The van der Waals surface area contributed by atoms with Crippen LogP contribution in [0.5, 0.6) is 0 Å². The summed E-state index contributed by atoms with van der Waals surface area (Å²) in [5, 5.41) is 0. The zero-order chi connectivity index (χ0) is 3.58. The smallest absolute Gasteiger partial charge is 0.870 e. The van der Waals surface area contributed by atoms with E-state index in [9.17, 15) is 0 Å². The van der Waals surface area contributed by atoms with Gasteiger partial charge in [-0.25, -0.2) is 0 Å². The van der Waals surface area contributed by atoms with Crippen molar-refractivity contribution in [2.75, 3.05) is 0 Å². The fourth-order valence-electron chi connectivity index (χ4n) is 0. The van der Waals surface area contributed by atoms with Crippen molar-refractivity contribution in [1.29, 1.82) is 0 Å². The molecule has 3 N–H and O–H groups in total. The van der Waals surface area contributed by atoms with Crippen LogP contribution < -0.4 is 0 Å². The van der Waals surface area contributed by atoms with Crippen LogP contribution in [-0.2, 0) is 26.2 Å². The molecule has 0 unspecified atom stereocenters. The molecule has 0 aromatic rings. The molecule has 0 radical (unpaired) electrons. The molecular formula is C4H12O3Zr. The van der Waals surface area contributed by atoms with E-state index in [0.29, 0.717) is 5.92 Å². The number of hydrogen-bond donors (Lipinski definition) is 0. The van der Waals surface area contributed by atoms with Crippen molar-refractivity contribution in [3.05, 3.63) is 6.92 Å². The molecule has 0 aliphatic carbocycles. The predicted molar refractivity (Wildman–Crippen MR) is 26.0 cm³/mol. The first kappa shape index (κ1) is 37.3. The summed E-state index contributed by atoms with van der Waals surface area (Å²) in [6.07, 6.45) is 0. The van der Waals surface area contributed by atoms with E-state index in [2.05, 4.69) is 20.8 Å². The van der Waals surface area contributed by atoms with Crippen molar-refractivity contribution < 1.29 is 42.6 Å². The van der Waals surface area contributed by atoms with Gasteiger partial charge in [-0.05, 0) is 0 Å². The Morgan fingerprint density at radius 1 is 1.00 bits per heavy atom. The van der Waals surface area contributed by atoms with E-state index >= 15 is 0 Å². The summed E-state index contributed by atoms with van der Waals surface area (Å²) >= 11 is 0. The van der Waals surface area contributed by atoms with Crippen LogP contribution in [0.4, 0.5) is 0 Å². The third kappa shape index (κ3) is 386. The molecule has 0 spiro atoms. The van der Waals surface area contributed by atoms with Crippen LogP contribution in [0, 0.1) is 12.8 Å². The Morgan fingerprint density at radius 2 is 1.00 bits per heavy atom. The topological polar surface area (TPSA) is 90.0 Å². The second kappa shape index (κ2) is 25.1. The summed E-state index contributed by atoms with van der Waals surface area (Å²) in [5.41, 5.74) is 0.